The number of hydrogen-bond acceptors (Lipinski definition) is 3. The molecule has 0 unspecified atom stereocenters. The summed E-state index contributed by atoms with van der Waals surface area (Å²) in [6.45, 7) is 1.32. The topological polar surface area (TPSA) is 33.3 Å². The number of ether oxygens (including phenoxy) is 1. The first-order chi connectivity index (χ1) is 10.7. The van der Waals surface area contributed by atoms with Crippen LogP contribution in [0.3, 0.4) is 0 Å². The van der Waals surface area contributed by atoms with Gasteiger partial charge < -0.3 is 15.4 Å². The van der Waals surface area contributed by atoms with E-state index in [0.29, 0.717) is 18.3 Å². The predicted molar refractivity (Wildman–Crippen MR) is 101 cm³/mol. The molecule has 0 aliphatic heterocycles. The van der Waals surface area contributed by atoms with Crippen LogP contribution in [-0.2, 0) is 4.74 Å². The number of hydrogen-bond donors (Lipinski definition) is 2. The molecular formula is C16H17BrN2OS2. The Kier molecular flexibility index (Phi) is 7.18. The zero-order chi connectivity index (χ0) is 15.8. The quantitative estimate of drug-likeness (QED) is 0.553. The van der Waals surface area contributed by atoms with Gasteiger partial charge >= 0.3 is 0 Å². The minimum atomic E-state index is 0.602. The van der Waals surface area contributed by atoms with Gasteiger partial charge in [0.1, 0.15) is 0 Å². The van der Waals surface area contributed by atoms with Crippen molar-refractivity contribution in [3.05, 3.63) is 53.0 Å². The highest BCUT2D eigenvalue weighted by Crippen LogP contribution is 2.29. The van der Waals surface area contributed by atoms with Crippen molar-refractivity contribution in [2.45, 2.75) is 9.79 Å². The van der Waals surface area contributed by atoms with E-state index in [1.54, 1.807) is 18.9 Å². The lowest BCUT2D eigenvalue weighted by atomic mass is 10.3. The van der Waals surface area contributed by atoms with E-state index in [-0.39, 0.29) is 0 Å². The van der Waals surface area contributed by atoms with E-state index >= 15 is 0 Å². The Bertz CT molecular complexity index is 603. The van der Waals surface area contributed by atoms with Crippen molar-refractivity contribution in [2.75, 3.05) is 25.6 Å². The number of nitrogens with one attached hydrogen (secondary N) is 2. The van der Waals surface area contributed by atoms with Crippen LogP contribution in [0.25, 0.3) is 0 Å². The highest BCUT2D eigenvalue weighted by atomic mass is 79.9. The summed E-state index contributed by atoms with van der Waals surface area (Å²) in [5.74, 6) is 0. The van der Waals surface area contributed by atoms with E-state index in [1.807, 2.05) is 24.3 Å². The third-order valence-corrected chi connectivity index (χ3v) is 4.54. The van der Waals surface area contributed by atoms with E-state index in [2.05, 4.69) is 50.8 Å². The van der Waals surface area contributed by atoms with Crippen molar-refractivity contribution in [2.24, 2.45) is 0 Å². The lowest BCUT2D eigenvalue weighted by Crippen LogP contribution is -2.31. The van der Waals surface area contributed by atoms with Crippen LogP contribution in [0.1, 0.15) is 0 Å². The molecule has 0 atom stereocenters. The molecule has 0 fully saturated rings. The van der Waals surface area contributed by atoms with Gasteiger partial charge in [-0.2, -0.15) is 0 Å². The Hall–Kier alpha value is -1.08. The fraction of sp³-hybridized carbons (Fsp3) is 0.188. The van der Waals surface area contributed by atoms with Crippen molar-refractivity contribution in [1.29, 1.82) is 0 Å². The standard InChI is InChI=1S/C16H17BrN2OS2/c1-20-11-10-18-16(21)19-13-4-8-15(9-5-13)22-14-6-2-12(17)3-7-14/h2-9H,10-11H2,1H3,(H2,18,19,21). The number of benzene rings is 2. The summed E-state index contributed by atoms with van der Waals surface area (Å²) in [4.78, 5) is 2.40. The van der Waals surface area contributed by atoms with Gasteiger partial charge in [-0.15, -0.1) is 0 Å². The molecule has 0 saturated carbocycles. The highest BCUT2D eigenvalue weighted by molar-refractivity contribution is 9.10. The first-order valence-corrected chi connectivity index (χ1v) is 8.76. The average molecular weight is 397 g/mol. The van der Waals surface area contributed by atoms with Gasteiger partial charge in [-0.1, -0.05) is 27.7 Å². The van der Waals surface area contributed by atoms with Crippen molar-refractivity contribution in [3.8, 4) is 0 Å². The monoisotopic (exact) mass is 396 g/mol. The molecule has 0 amide bonds. The summed E-state index contributed by atoms with van der Waals surface area (Å²) in [6, 6.07) is 16.5. The third-order valence-electron chi connectivity index (χ3n) is 2.75. The van der Waals surface area contributed by atoms with Crippen LogP contribution in [-0.4, -0.2) is 25.4 Å². The summed E-state index contributed by atoms with van der Waals surface area (Å²) < 4.78 is 6.06. The minimum Gasteiger partial charge on any atom is -0.383 e. The summed E-state index contributed by atoms with van der Waals surface area (Å²) in [5.41, 5.74) is 0.968. The second kappa shape index (κ2) is 9.15. The molecule has 2 aromatic rings. The lowest BCUT2D eigenvalue weighted by Gasteiger charge is -2.10. The summed E-state index contributed by atoms with van der Waals surface area (Å²) in [5, 5.41) is 6.83. The third kappa shape index (κ3) is 5.96. The molecule has 0 bridgehead atoms. The number of anilines is 1. The Labute approximate surface area is 149 Å². The number of rotatable bonds is 6. The van der Waals surface area contributed by atoms with Crippen LogP contribution >= 0.6 is 39.9 Å². The Morgan fingerprint density at radius 2 is 1.68 bits per heavy atom. The van der Waals surface area contributed by atoms with Crippen molar-refractivity contribution >= 4 is 50.7 Å². The van der Waals surface area contributed by atoms with Gasteiger partial charge in [0, 0.05) is 33.6 Å². The largest absolute Gasteiger partial charge is 0.383 e. The molecule has 2 rings (SSSR count). The maximum absolute atomic E-state index is 5.21. The van der Waals surface area contributed by atoms with Crippen LogP contribution < -0.4 is 10.6 Å². The van der Waals surface area contributed by atoms with E-state index in [1.165, 1.54) is 9.79 Å². The van der Waals surface area contributed by atoms with Crippen LogP contribution in [0, 0.1) is 0 Å². The SMILES string of the molecule is COCCNC(=S)Nc1ccc(Sc2ccc(Br)cc2)cc1. The zero-order valence-electron chi connectivity index (χ0n) is 12.1. The normalized spacial score (nSPS) is 10.3. The molecule has 3 nitrogen and oxygen atoms in total. The molecular weight excluding hydrogens is 380 g/mol. The van der Waals surface area contributed by atoms with Gasteiger partial charge in [0.05, 0.1) is 6.61 Å². The Balaban J connectivity index is 1.87. The highest BCUT2D eigenvalue weighted by Gasteiger charge is 2.00. The summed E-state index contributed by atoms with van der Waals surface area (Å²) in [6.07, 6.45) is 0. The van der Waals surface area contributed by atoms with Crippen molar-refractivity contribution in [3.63, 3.8) is 0 Å². The Morgan fingerprint density at radius 3 is 2.27 bits per heavy atom. The lowest BCUT2D eigenvalue weighted by molar-refractivity contribution is 0.204. The van der Waals surface area contributed by atoms with Gasteiger partial charge in [0.2, 0.25) is 0 Å². The molecule has 116 valence electrons. The predicted octanol–water partition coefficient (Wildman–Crippen LogP) is 4.53. The molecule has 0 aliphatic carbocycles. The first-order valence-electron chi connectivity index (χ1n) is 6.74. The van der Waals surface area contributed by atoms with Gasteiger partial charge in [-0.3, -0.25) is 0 Å². The van der Waals surface area contributed by atoms with Gasteiger partial charge in [0.15, 0.2) is 5.11 Å². The second-order valence-corrected chi connectivity index (χ2v) is 6.92. The molecule has 0 radical (unpaired) electrons. The molecule has 0 heterocycles. The van der Waals surface area contributed by atoms with E-state index in [0.717, 1.165) is 10.2 Å². The van der Waals surface area contributed by atoms with E-state index in [9.17, 15) is 0 Å². The van der Waals surface area contributed by atoms with Crippen molar-refractivity contribution < 1.29 is 4.74 Å². The zero-order valence-corrected chi connectivity index (χ0v) is 15.4. The second-order valence-electron chi connectivity index (χ2n) is 4.45. The fourth-order valence-corrected chi connectivity index (χ4v) is 2.99. The fourth-order valence-electron chi connectivity index (χ4n) is 1.69. The maximum atomic E-state index is 5.21. The molecule has 0 saturated heterocycles. The van der Waals surface area contributed by atoms with Crippen LogP contribution in [0.15, 0.2) is 62.8 Å². The average Bonchev–Trinajstić information content (AvgIpc) is 2.52. The first kappa shape index (κ1) is 17.3. The van der Waals surface area contributed by atoms with Gasteiger partial charge in [-0.05, 0) is 60.7 Å². The molecule has 6 heteroatoms. The van der Waals surface area contributed by atoms with Gasteiger partial charge in [0.25, 0.3) is 0 Å². The smallest absolute Gasteiger partial charge is 0.170 e. The van der Waals surface area contributed by atoms with Crippen molar-refractivity contribution in [1.82, 2.24) is 5.32 Å². The summed E-state index contributed by atoms with van der Waals surface area (Å²) in [7, 11) is 1.67. The summed E-state index contributed by atoms with van der Waals surface area (Å²) >= 11 is 10.4. The molecule has 0 aliphatic rings. The molecule has 2 N–H and O–H groups in total. The Morgan fingerprint density at radius 1 is 1.09 bits per heavy atom. The number of methoxy groups -OCH3 is 1. The van der Waals surface area contributed by atoms with E-state index in [4.69, 9.17) is 17.0 Å². The molecule has 0 aromatic heterocycles. The maximum Gasteiger partial charge on any atom is 0.170 e. The number of halogens is 1. The molecule has 22 heavy (non-hydrogen) atoms. The van der Waals surface area contributed by atoms with Crippen LogP contribution in [0.4, 0.5) is 5.69 Å². The number of thiocarbonyl (C=S) groups is 1. The minimum absolute atomic E-state index is 0.602. The van der Waals surface area contributed by atoms with Gasteiger partial charge in [-0.25, -0.2) is 0 Å². The van der Waals surface area contributed by atoms with Crippen LogP contribution in [0.5, 0.6) is 0 Å². The molecule has 2 aromatic carbocycles. The molecule has 0 spiro atoms. The van der Waals surface area contributed by atoms with E-state index < -0.39 is 0 Å². The van der Waals surface area contributed by atoms with Crippen LogP contribution in [0.2, 0.25) is 0 Å².